The fourth-order valence-electron chi connectivity index (χ4n) is 0.924. The number of carbonyl (C=O) groups is 1. The lowest BCUT2D eigenvalue weighted by molar-refractivity contribution is -0.141. The van der Waals surface area contributed by atoms with Crippen molar-refractivity contribution in [2.24, 2.45) is 0 Å². The van der Waals surface area contributed by atoms with Crippen molar-refractivity contribution >= 4 is 5.97 Å². The Kier molecular flexibility index (Phi) is 7.76. The molecule has 0 atom stereocenters. The molecule has 0 N–H and O–H groups in total. The summed E-state index contributed by atoms with van der Waals surface area (Å²) in [4.78, 5) is 10.3. The second-order valence-corrected chi connectivity index (χ2v) is 2.76. The lowest BCUT2D eigenvalue weighted by Crippen LogP contribution is -1.99. The summed E-state index contributed by atoms with van der Waals surface area (Å²) in [6, 6.07) is 0. The minimum Gasteiger partial charge on any atom is -0.466 e. The van der Waals surface area contributed by atoms with Gasteiger partial charge in [-0.2, -0.15) is 0 Å². The van der Waals surface area contributed by atoms with E-state index in [1.165, 1.54) is 13.3 Å². The fraction of sp³-hybridized carbons (Fsp3) is 0.700. The van der Waals surface area contributed by atoms with E-state index in [0.717, 1.165) is 19.3 Å². The van der Waals surface area contributed by atoms with Crippen molar-refractivity contribution in [1.29, 1.82) is 0 Å². The van der Waals surface area contributed by atoms with Crippen LogP contribution in [0.2, 0.25) is 0 Å². The van der Waals surface area contributed by atoms with E-state index in [4.69, 9.17) is 4.74 Å². The molecule has 0 aromatic carbocycles. The zero-order valence-corrected chi connectivity index (χ0v) is 8.01. The van der Waals surface area contributed by atoms with E-state index in [1.807, 2.05) is 6.92 Å². The third-order valence-corrected chi connectivity index (χ3v) is 1.56. The third-order valence-electron chi connectivity index (χ3n) is 1.56. The lowest BCUT2D eigenvalue weighted by Gasteiger charge is -1.99. The standard InChI is InChI=1S/C10H18O2/c1-3-4-5-6-7-8-9-12-10(2)11/h3-4H,5-9H2,1-2H3. The van der Waals surface area contributed by atoms with Crippen LogP contribution in [0.15, 0.2) is 12.2 Å². The van der Waals surface area contributed by atoms with Gasteiger partial charge in [-0.25, -0.2) is 0 Å². The Morgan fingerprint density at radius 3 is 2.67 bits per heavy atom. The first-order valence-corrected chi connectivity index (χ1v) is 4.52. The van der Waals surface area contributed by atoms with Crippen molar-refractivity contribution in [2.75, 3.05) is 6.61 Å². The number of unbranched alkanes of at least 4 members (excludes halogenated alkanes) is 3. The van der Waals surface area contributed by atoms with Gasteiger partial charge in [-0.1, -0.05) is 12.2 Å². The molecule has 0 aromatic heterocycles. The highest BCUT2D eigenvalue weighted by atomic mass is 16.5. The summed E-state index contributed by atoms with van der Waals surface area (Å²) < 4.78 is 4.79. The van der Waals surface area contributed by atoms with Crippen LogP contribution in [0.5, 0.6) is 0 Å². The Hall–Kier alpha value is -0.790. The molecule has 12 heavy (non-hydrogen) atoms. The van der Waals surface area contributed by atoms with E-state index in [1.54, 1.807) is 0 Å². The Balaban J connectivity index is 2.96. The van der Waals surface area contributed by atoms with Gasteiger partial charge in [0.25, 0.3) is 0 Å². The normalized spacial score (nSPS) is 10.5. The van der Waals surface area contributed by atoms with E-state index in [9.17, 15) is 4.79 Å². The van der Waals surface area contributed by atoms with E-state index < -0.39 is 0 Å². The van der Waals surface area contributed by atoms with Gasteiger partial charge in [0, 0.05) is 6.92 Å². The van der Waals surface area contributed by atoms with Crippen LogP contribution >= 0.6 is 0 Å². The smallest absolute Gasteiger partial charge is 0.302 e. The molecule has 0 radical (unpaired) electrons. The van der Waals surface area contributed by atoms with E-state index in [-0.39, 0.29) is 5.97 Å². The number of ether oxygens (including phenoxy) is 1. The monoisotopic (exact) mass is 170 g/mol. The maximum absolute atomic E-state index is 10.3. The first-order valence-electron chi connectivity index (χ1n) is 4.52. The summed E-state index contributed by atoms with van der Waals surface area (Å²) in [5, 5.41) is 0. The predicted octanol–water partition coefficient (Wildman–Crippen LogP) is 2.69. The first-order chi connectivity index (χ1) is 5.77. The summed E-state index contributed by atoms with van der Waals surface area (Å²) >= 11 is 0. The van der Waals surface area contributed by atoms with Gasteiger partial charge in [-0.15, -0.1) is 0 Å². The zero-order valence-electron chi connectivity index (χ0n) is 8.01. The molecule has 2 heteroatoms. The molecule has 0 aliphatic rings. The van der Waals surface area contributed by atoms with Crippen molar-refractivity contribution in [3.8, 4) is 0 Å². The molecule has 0 saturated carbocycles. The largest absolute Gasteiger partial charge is 0.466 e. The van der Waals surface area contributed by atoms with Crippen LogP contribution < -0.4 is 0 Å². The molecule has 0 saturated heterocycles. The molecule has 0 aromatic rings. The number of hydrogen-bond acceptors (Lipinski definition) is 2. The quantitative estimate of drug-likeness (QED) is 0.348. The SMILES string of the molecule is CC=CCCCCCOC(C)=O. The summed E-state index contributed by atoms with van der Waals surface area (Å²) in [7, 11) is 0. The highest BCUT2D eigenvalue weighted by Gasteiger charge is 1.91. The first kappa shape index (κ1) is 11.2. The average molecular weight is 170 g/mol. The Labute approximate surface area is 74.6 Å². The van der Waals surface area contributed by atoms with E-state index >= 15 is 0 Å². The van der Waals surface area contributed by atoms with Crippen LogP contribution in [0.3, 0.4) is 0 Å². The molecule has 0 bridgehead atoms. The molecule has 0 aliphatic heterocycles. The summed E-state index contributed by atoms with van der Waals surface area (Å²) in [5.41, 5.74) is 0. The van der Waals surface area contributed by atoms with Gasteiger partial charge in [-0.05, 0) is 32.6 Å². The van der Waals surface area contributed by atoms with Crippen LogP contribution in [0.25, 0.3) is 0 Å². The van der Waals surface area contributed by atoms with Crippen molar-refractivity contribution in [2.45, 2.75) is 39.5 Å². The molecule has 0 unspecified atom stereocenters. The second kappa shape index (κ2) is 8.31. The molecule has 0 amide bonds. The van der Waals surface area contributed by atoms with Crippen molar-refractivity contribution < 1.29 is 9.53 Å². The summed E-state index contributed by atoms with van der Waals surface area (Å²) in [6.07, 6.45) is 8.66. The number of hydrogen-bond donors (Lipinski definition) is 0. The summed E-state index contributed by atoms with van der Waals surface area (Å²) in [5.74, 6) is -0.177. The minimum atomic E-state index is -0.177. The van der Waals surface area contributed by atoms with Crippen molar-refractivity contribution in [1.82, 2.24) is 0 Å². The average Bonchev–Trinajstić information content (AvgIpc) is 2.02. The van der Waals surface area contributed by atoms with Gasteiger partial charge in [0.1, 0.15) is 0 Å². The molecule has 0 heterocycles. The van der Waals surface area contributed by atoms with Crippen molar-refractivity contribution in [3.63, 3.8) is 0 Å². The van der Waals surface area contributed by atoms with Gasteiger partial charge >= 0.3 is 5.97 Å². The van der Waals surface area contributed by atoms with Gasteiger partial charge in [-0.3, -0.25) is 4.79 Å². The molecule has 2 nitrogen and oxygen atoms in total. The maximum Gasteiger partial charge on any atom is 0.302 e. The molecular weight excluding hydrogens is 152 g/mol. The Bertz CT molecular complexity index is 139. The van der Waals surface area contributed by atoms with Crippen LogP contribution in [-0.4, -0.2) is 12.6 Å². The zero-order chi connectivity index (χ0) is 9.23. The van der Waals surface area contributed by atoms with Gasteiger partial charge in [0.15, 0.2) is 0 Å². The number of carbonyl (C=O) groups excluding carboxylic acids is 1. The number of rotatable bonds is 6. The van der Waals surface area contributed by atoms with E-state index in [0.29, 0.717) is 6.61 Å². The molecular formula is C10H18O2. The fourth-order valence-corrected chi connectivity index (χ4v) is 0.924. The van der Waals surface area contributed by atoms with Crippen LogP contribution in [0.4, 0.5) is 0 Å². The van der Waals surface area contributed by atoms with Crippen LogP contribution in [-0.2, 0) is 9.53 Å². The third kappa shape index (κ3) is 9.21. The molecule has 70 valence electrons. The van der Waals surface area contributed by atoms with Crippen molar-refractivity contribution in [3.05, 3.63) is 12.2 Å². The second-order valence-electron chi connectivity index (χ2n) is 2.76. The number of allylic oxidation sites excluding steroid dienone is 2. The maximum atomic E-state index is 10.3. The van der Waals surface area contributed by atoms with Gasteiger partial charge < -0.3 is 4.74 Å². The lowest BCUT2D eigenvalue weighted by atomic mass is 10.2. The molecule has 0 rings (SSSR count). The summed E-state index contributed by atoms with van der Waals surface area (Å²) in [6.45, 7) is 4.05. The van der Waals surface area contributed by atoms with Crippen LogP contribution in [0.1, 0.15) is 39.5 Å². The van der Waals surface area contributed by atoms with Gasteiger partial charge in [0.2, 0.25) is 0 Å². The van der Waals surface area contributed by atoms with E-state index in [2.05, 4.69) is 12.2 Å². The van der Waals surface area contributed by atoms with Gasteiger partial charge in [0.05, 0.1) is 6.61 Å². The van der Waals surface area contributed by atoms with Crippen LogP contribution in [0, 0.1) is 0 Å². The minimum absolute atomic E-state index is 0.177. The highest BCUT2D eigenvalue weighted by Crippen LogP contribution is 2.00. The topological polar surface area (TPSA) is 26.3 Å². The number of esters is 1. The molecule has 0 spiro atoms. The predicted molar refractivity (Wildman–Crippen MR) is 49.9 cm³/mol. The highest BCUT2D eigenvalue weighted by molar-refractivity contribution is 5.65. The Morgan fingerprint density at radius 2 is 2.08 bits per heavy atom. The molecule has 0 fully saturated rings. The Morgan fingerprint density at radius 1 is 1.33 bits per heavy atom. The molecule has 0 aliphatic carbocycles.